The van der Waals surface area contributed by atoms with Gasteiger partial charge in [-0.25, -0.2) is 0 Å². The molecule has 2 aliphatic heterocycles. The van der Waals surface area contributed by atoms with Crippen LogP contribution in [0.3, 0.4) is 0 Å². The lowest BCUT2D eigenvalue weighted by Gasteiger charge is -2.37. The quantitative estimate of drug-likeness (QED) is 0.823. The molecule has 138 valence electrons. The first kappa shape index (κ1) is 17.9. The van der Waals surface area contributed by atoms with Crippen LogP contribution >= 0.6 is 0 Å². The van der Waals surface area contributed by atoms with E-state index >= 15 is 0 Å². The fourth-order valence-electron chi connectivity index (χ4n) is 3.99. The van der Waals surface area contributed by atoms with E-state index in [4.69, 9.17) is 9.26 Å². The molecule has 1 aromatic rings. The Morgan fingerprint density at radius 3 is 2.52 bits per heavy atom. The van der Waals surface area contributed by atoms with Crippen LogP contribution in [0.1, 0.15) is 43.2 Å². The fraction of sp³-hybridized carbons (Fsp3) is 0.722. The first-order valence-corrected chi connectivity index (χ1v) is 9.03. The van der Waals surface area contributed by atoms with Gasteiger partial charge in [-0.3, -0.25) is 9.59 Å². The van der Waals surface area contributed by atoms with E-state index in [1.807, 2.05) is 23.6 Å². The molecule has 25 heavy (non-hydrogen) atoms. The molecule has 1 unspecified atom stereocenters. The summed E-state index contributed by atoms with van der Waals surface area (Å²) in [7, 11) is 0. The van der Waals surface area contributed by atoms with Crippen molar-refractivity contribution in [1.29, 1.82) is 0 Å². The molecule has 2 amide bonds. The maximum atomic E-state index is 12.7. The lowest BCUT2D eigenvalue weighted by molar-refractivity contribution is -0.137. The molecular weight excluding hydrogens is 322 g/mol. The fourth-order valence-corrected chi connectivity index (χ4v) is 3.99. The van der Waals surface area contributed by atoms with Gasteiger partial charge in [0.1, 0.15) is 5.76 Å². The minimum Gasteiger partial charge on any atom is -0.381 e. The van der Waals surface area contributed by atoms with Crippen LogP contribution in [0, 0.1) is 13.8 Å². The molecule has 3 rings (SSSR count). The number of hydrogen-bond acceptors (Lipinski definition) is 5. The highest BCUT2D eigenvalue weighted by atomic mass is 16.5. The van der Waals surface area contributed by atoms with Crippen LogP contribution in [0.2, 0.25) is 0 Å². The van der Waals surface area contributed by atoms with E-state index in [1.54, 1.807) is 6.92 Å². The second-order valence-electron chi connectivity index (χ2n) is 7.03. The lowest BCUT2D eigenvalue weighted by Crippen LogP contribution is -2.49. The topological polar surface area (TPSA) is 75.9 Å². The van der Waals surface area contributed by atoms with Crippen LogP contribution in [0.15, 0.2) is 4.52 Å². The van der Waals surface area contributed by atoms with Crippen molar-refractivity contribution in [3.05, 3.63) is 17.0 Å². The summed E-state index contributed by atoms with van der Waals surface area (Å²) in [5, 5.41) is 3.91. The van der Waals surface area contributed by atoms with Crippen molar-refractivity contribution in [2.24, 2.45) is 0 Å². The number of aromatic nitrogens is 1. The van der Waals surface area contributed by atoms with E-state index in [-0.39, 0.29) is 23.9 Å². The molecule has 2 saturated heterocycles. The van der Waals surface area contributed by atoms with Crippen molar-refractivity contribution >= 4 is 11.8 Å². The van der Waals surface area contributed by atoms with Crippen molar-refractivity contribution < 1.29 is 18.8 Å². The molecule has 7 heteroatoms. The highest BCUT2D eigenvalue weighted by Crippen LogP contribution is 2.24. The zero-order chi connectivity index (χ0) is 18.0. The minimum atomic E-state index is 0.0763. The van der Waals surface area contributed by atoms with Gasteiger partial charge in [0.2, 0.25) is 11.8 Å². The van der Waals surface area contributed by atoms with Gasteiger partial charge in [-0.05, 0) is 33.1 Å². The molecule has 0 aromatic carbocycles. The highest BCUT2D eigenvalue weighted by Gasteiger charge is 2.36. The largest absolute Gasteiger partial charge is 0.381 e. The number of carbonyl (C=O) groups is 2. The van der Waals surface area contributed by atoms with Crippen molar-refractivity contribution in [3.63, 3.8) is 0 Å². The zero-order valence-electron chi connectivity index (χ0n) is 15.3. The monoisotopic (exact) mass is 349 g/mol. The van der Waals surface area contributed by atoms with Crippen molar-refractivity contribution in [2.45, 2.75) is 58.5 Å². The van der Waals surface area contributed by atoms with Crippen molar-refractivity contribution in [2.75, 3.05) is 26.3 Å². The Bertz CT molecular complexity index is 617. The van der Waals surface area contributed by atoms with Gasteiger partial charge in [-0.15, -0.1) is 0 Å². The Balaban J connectivity index is 1.63. The number of hydrogen-bond donors (Lipinski definition) is 0. The molecular formula is C18H27N3O4. The summed E-state index contributed by atoms with van der Waals surface area (Å²) in [5.74, 6) is 0.874. The summed E-state index contributed by atoms with van der Waals surface area (Å²) in [5.41, 5.74) is 1.65. The smallest absolute Gasteiger partial charge is 0.227 e. The highest BCUT2D eigenvalue weighted by molar-refractivity contribution is 5.80. The number of amides is 2. The van der Waals surface area contributed by atoms with Crippen molar-refractivity contribution in [3.8, 4) is 0 Å². The Morgan fingerprint density at radius 2 is 1.92 bits per heavy atom. The average molecular weight is 349 g/mol. The second kappa shape index (κ2) is 7.56. The van der Waals surface area contributed by atoms with Crippen LogP contribution in [0.5, 0.6) is 0 Å². The van der Waals surface area contributed by atoms with Gasteiger partial charge < -0.3 is 19.1 Å². The third-order valence-electron chi connectivity index (χ3n) is 5.37. The summed E-state index contributed by atoms with van der Waals surface area (Å²) in [6.45, 7) is 8.03. The van der Waals surface area contributed by atoms with E-state index in [0.717, 1.165) is 30.5 Å². The standard InChI is InChI=1S/C18H27N3O4/c1-12-17(13(2)25-19-12)10-18(23)20-7-4-16(11-20)21(14(3)22)15-5-8-24-9-6-15/h15-16H,4-11H2,1-3H3. The summed E-state index contributed by atoms with van der Waals surface area (Å²) in [4.78, 5) is 28.7. The molecule has 0 N–H and O–H groups in total. The van der Waals surface area contributed by atoms with Crippen LogP contribution in [-0.4, -0.2) is 65.2 Å². The lowest BCUT2D eigenvalue weighted by atomic mass is 10.0. The summed E-state index contributed by atoms with van der Waals surface area (Å²) in [6, 6.07) is 0.336. The SMILES string of the molecule is CC(=O)N(C1CCOCC1)C1CCN(C(=O)Cc2c(C)noc2C)C1. The van der Waals surface area contributed by atoms with Gasteiger partial charge in [-0.1, -0.05) is 5.16 Å². The molecule has 0 radical (unpaired) electrons. The molecule has 3 heterocycles. The maximum Gasteiger partial charge on any atom is 0.227 e. The van der Waals surface area contributed by atoms with E-state index in [1.165, 1.54) is 0 Å². The van der Waals surface area contributed by atoms with Gasteiger partial charge in [0.15, 0.2) is 0 Å². The molecule has 2 aliphatic rings. The third-order valence-corrected chi connectivity index (χ3v) is 5.37. The van der Waals surface area contributed by atoms with E-state index < -0.39 is 0 Å². The first-order valence-electron chi connectivity index (χ1n) is 9.03. The number of ether oxygens (including phenoxy) is 1. The number of likely N-dealkylation sites (tertiary alicyclic amines) is 1. The summed E-state index contributed by atoms with van der Waals surface area (Å²) >= 11 is 0. The molecule has 0 spiro atoms. The van der Waals surface area contributed by atoms with Crippen molar-refractivity contribution in [1.82, 2.24) is 15.0 Å². The molecule has 0 aliphatic carbocycles. The molecule has 0 bridgehead atoms. The molecule has 1 aromatic heterocycles. The number of rotatable bonds is 4. The van der Waals surface area contributed by atoms with Crippen LogP contribution < -0.4 is 0 Å². The predicted octanol–water partition coefficient (Wildman–Crippen LogP) is 1.46. The van der Waals surface area contributed by atoms with Gasteiger partial charge in [0.05, 0.1) is 18.2 Å². The molecule has 1 atom stereocenters. The van der Waals surface area contributed by atoms with E-state index in [2.05, 4.69) is 5.16 Å². The van der Waals surface area contributed by atoms with Gasteiger partial charge >= 0.3 is 0 Å². The van der Waals surface area contributed by atoms with Crippen LogP contribution in [0.25, 0.3) is 0 Å². The Hall–Kier alpha value is -1.89. The minimum absolute atomic E-state index is 0.0763. The van der Waals surface area contributed by atoms with E-state index in [0.29, 0.717) is 38.5 Å². The maximum absolute atomic E-state index is 12.7. The van der Waals surface area contributed by atoms with Gasteiger partial charge in [-0.2, -0.15) is 0 Å². The third kappa shape index (κ3) is 3.86. The number of nitrogens with zero attached hydrogens (tertiary/aromatic N) is 3. The molecule has 7 nitrogen and oxygen atoms in total. The Labute approximate surface area is 148 Å². The van der Waals surface area contributed by atoms with Gasteiger partial charge in [0.25, 0.3) is 0 Å². The van der Waals surface area contributed by atoms with Gasteiger partial charge in [0, 0.05) is 44.8 Å². The first-order chi connectivity index (χ1) is 12.0. The summed E-state index contributed by atoms with van der Waals surface area (Å²) in [6.07, 6.45) is 2.90. The molecule has 0 saturated carbocycles. The van der Waals surface area contributed by atoms with E-state index in [9.17, 15) is 9.59 Å². The predicted molar refractivity (Wildman–Crippen MR) is 91.0 cm³/mol. The number of aryl methyl sites for hydroxylation is 2. The number of carbonyl (C=O) groups excluding carboxylic acids is 2. The van der Waals surface area contributed by atoms with Crippen LogP contribution in [0.4, 0.5) is 0 Å². The zero-order valence-corrected chi connectivity index (χ0v) is 15.3. The second-order valence-corrected chi connectivity index (χ2v) is 7.03. The Morgan fingerprint density at radius 1 is 1.20 bits per heavy atom. The van der Waals surface area contributed by atoms with Crippen LogP contribution in [-0.2, 0) is 20.7 Å². The molecule has 2 fully saturated rings. The Kier molecular flexibility index (Phi) is 5.42. The average Bonchev–Trinajstić information content (AvgIpc) is 3.18. The normalized spacial score (nSPS) is 21.6. The summed E-state index contributed by atoms with van der Waals surface area (Å²) < 4.78 is 10.6.